The van der Waals surface area contributed by atoms with E-state index in [4.69, 9.17) is 0 Å². The number of Topliss-reactive ketones (excluding diaryl/α,β-unsaturated/α-hetero) is 1. The van der Waals surface area contributed by atoms with Gasteiger partial charge in [-0.05, 0) is 30.6 Å². The summed E-state index contributed by atoms with van der Waals surface area (Å²) in [7, 11) is 2.16. The predicted octanol–water partition coefficient (Wildman–Crippen LogP) is 1.54. The summed E-state index contributed by atoms with van der Waals surface area (Å²) >= 11 is 0. The summed E-state index contributed by atoms with van der Waals surface area (Å²) in [6.45, 7) is 0. The number of carbonyl (C=O) groups excluding carboxylic acids is 1. The van der Waals surface area contributed by atoms with Gasteiger partial charge in [0.25, 0.3) is 0 Å². The van der Waals surface area contributed by atoms with E-state index < -0.39 is 0 Å². The van der Waals surface area contributed by atoms with Crippen LogP contribution in [0.25, 0.3) is 0 Å². The van der Waals surface area contributed by atoms with Gasteiger partial charge in [0.1, 0.15) is 13.7 Å². The molecule has 1 aromatic carbocycles. The lowest BCUT2D eigenvalue weighted by Crippen LogP contribution is -2.10. The van der Waals surface area contributed by atoms with Crippen molar-refractivity contribution in [1.29, 1.82) is 0 Å². The molecule has 2 aliphatic rings. The van der Waals surface area contributed by atoms with Crippen molar-refractivity contribution in [2.24, 2.45) is 5.92 Å². The SMILES string of the molecule is B[C@H]1C[C@@H](c2ccccc2)n2nc(C(=O)C3CC3)nc21. The van der Waals surface area contributed by atoms with E-state index in [0.717, 1.165) is 25.1 Å². The van der Waals surface area contributed by atoms with Crippen LogP contribution in [-0.2, 0) is 0 Å². The average Bonchev–Trinajstić information content (AvgIpc) is 3.15. The van der Waals surface area contributed by atoms with Gasteiger partial charge in [-0.3, -0.25) is 4.79 Å². The first-order valence-electron chi connectivity index (χ1n) is 7.29. The minimum Gasteiger partial charge on any atom is -0.290 e. The fraction of sp³-hybridized carbons (Fsp3) is 0.400. The summed E-state index contributed by atoms with van der Waals surface area (Å²) in [6.07, 6.45) is 3.01. The zero-order valence-corrected chi connectivity index (χ0v) is 11.5. The Bertz CT molecular complexity index is 663. The van der Waals surface area contributed by atoms with Gasteiger partial charge in [0.15, 0.2) is 0 Å². The average molecular weight is 265 g/mol. The first kappa shape index (κ1) is 11.9. The number of fused-ring (bicyclic) bond motifs is 1. The van der Waals surface area contributed by atoms with Gasteiger partial charge in [0.2, 0.25) is 11.6 Å². The molecule has 2 atom stereocenters. The number of hydrogen-bond donors (Lipinski definition) is 0. The molecule has 0 amide bonds. The largest absolute Gasteiger partial charge is 0.290 e. The predicted molar refractivity (Wildman–Crippen MR) is 77.6 cm³/mol. The van der Waals surface area contributed by atoms with Crippen molar-refractivity contribution < 1.29 is 4.79 Å². The highest BCUT2D eigenvalue weighted by Crippen LogP contribution is 2.38. The molecule has 20 heavy (non-hydrogen) atoms. The Morgan fingerprint density at radius 3 is 2.70 bits per heavy atom. The molecule has 2 aromatic rings. The van der Waals surface area contributed by atoms with Crippen LogP contribution in [0.4, 0.5) is 0 Å². The Labute approximate surface area is 118 Å². The molecule has 1 aliphatic heterocycles. The number of carbonyl (C=O) groups is 1. The first-order chi connectivity index (χ1) is 9.74. The smallest absolute Gasteiger partial charge is 0.217 e. The summed E-state index contributed by atoms with van der Waals surface area (Å²) in [6, 6.07) is 10.6. The molecule has 4 nitrogen and oxygen atoms in total. The number of benzene rings is 1. The van der Waals surface area contributed by atoms with Crippen LogP contribution in [-0.4, -0.2) is 28.4 Å². The van der Waals surface area contributed by atoms with Crippen molar-refractivity contribution in [3.05, 3.63) is 47.5 Å². The second kappa shape index (κ2) is 4.30. The Kier molecular flexibility index (Phi) is 2.55. The molecule has 1 aliphatic carbocycles. The topological polar surface area (TPSA) is 47.8 Å². The Hall–Kier alpha value is -1.91. The molecule has 0 spiro atoms. The van der Waals surface area contributed by atoms with Gasteiger partial charge >= 0.3 is 0 Å². The number of rotatable bonds is 3. The van der Waals surface area contributed by atoms with Crippen LogP contribution < -0.4 is 0 Å². The maximum Gasteiger partial charge on any atom is 0.217 e. The molecule has 2 heterocycles. The lowest BCUT2D eigenvalue weighted by atomic mass is 9.83. The fourth-order valence-corrected chi connectivity index (χ4v) is 3.03. The zero-order valence-electron chi connectivity index (χ0n) is 11.5. The Morgan fingerprint density at radius 2 is 2.00 bits per heavy atom. The van der Waals surface area contributed by atoms with Crippen molar-refractivity contribution in [2.45, 2.75) is 31.1 Å². The molecule has 1 fully saturated rings. The molecular formula is C15H16BN3O. The highest BCUT2D eigenvalue weighted by atomic mass is 16.1. The minimum absolute atomic E-state index is 0.130. The Balaban J connectivity index is 1.72. The van der Waals surface area contributed by atoms with Crippen LogP contribution in [0.1, 0.15) is 53.1 Å². The van der Waals surface area contributed by atoms with Gasteiger partial charge in [0.05, 0.1) is 6.04 Å². The second-order valence-electron chi connectivity index (χ2n) is 5.94. The van der Waals surface area contributed by atoms with Gasteiger partial charge < -0.3 is 0 Å². The number of ketones is 1. The maximum absolute atomic E-state index is 12.1. The first-order valence-corrected chi connectivity index (χ1v) is 7.29. The van der Waals surface area contributed by atoms with E-state index in [1.807, 2.05) is 22.9 Å². The third kappa shape index (κ3) is 1.80. The van der Waals surface area contributed by atoms with E-state index in [2.05, 4.69) is 30.1 Å². The van der Waals surface area contributed by atoms with E-state index in [1.165, 1.54) is 5.56 Å². The summed E-state index contributed by atoms with van der Waals surface area (Å²) in [5.41, 5.74) is 1.24. The molecule has 0 bridgehead atoms. The summed E-state index contributed by atoms with van der Waals surface area (Å²) in [4.78, 5) is 16.6. The van der Waals surface area contributed by atoms with Gasteiger partial charge in [-0.2, -0.15) is 0 Å². The Morgan fingerprint density at radius 1 is 1.25 bits per heavy atom. The molecular weight excluding hydrogens is 249 g/mol. The van der Waals surface area contributed by atoms with Crippen molar-refractivity contribution in [3.63, 3.8) is 0 Å². The maximum atomic E-state index is 12.1. The molecule has 0 saturated heterocycles. The molecule has 0 N–H and O–H groups in total. The zero-order chi connectivity index (χ0) is 13.7. The molecule has 5 heteroatoms. The van der Waals surface area contributed by atoms with Crippen LogP contribution in [0.2, 0.25) is 0 Å². The standard InChI is InChI=1S/C15H16BN3O/c16-11-8-12(9-4-2-1-3-5-9)19-15(11)17-14(18-19)13(20)10-6-7-10/h1-5,10-12H,6-8,16H2/t11-,12-/m0/s1. The minimum atomic E-state index is 0.130. The molecule has 0 radical (unpaired) electrons. The van der Waals surface area contributed by atoms with E-state index in [1.54, 1.807) is 0 Å². The molecule has 100 valence electrons. The third-order valence-electron chi connectivity index (χ3n) is 4.32. The van der Waals surface area contributed by atoms with Gasteiger partial charge in [-0.25, -0.2) is 9.67 Å². The lowest BCUT2D eigenvalue weighted by Gasteiger charge is -2.11. The monoisotopic (exact) mass is 265 g/mol. The molecule has 4 rings (SSSR count). The van der Waals surface area contributed by atoms with E-state index in [0.29, 0.717) is 11.6 Å². The fourth-order valence-electron chi connectivity index (χ4n) is 3.03. The highest BCUT2D eigenvalue weighted by molar-refractivity contribution is 6.12. The van der Waals surface area contributed by atoms with Crippen LogP contribution in [0.3, 0.4) is 0 Å². The summed E-state index contributed by atoms with van der Waals surface area (Å²) < 4.78 is 1.97. The summed E-state index contributed by atoms with van der Waals surface area (Å²) in [5.74, 6) is 2.06. The van der Waals surface area contributed by atoms with Gasteiger partial charge in [-0.1, -0.05) is 30.3 Å². The number of hydrogen-bond acceptors (Lipinski definition) is 3. The number of nitrogens with zero attached hydrogens (tertiary/aromatic N) is 3. The summed E-state index contributed by atoms with van der Waals surface area (Å²) in [5, 5.41) is 4.52. The van der Waals surface area contributed by atoms with E-state index >= 15 is 0 Å². The second-order valence-corrected chi connectivity index (χ2v) is 5.94. The van der Waals surface area contributed by atoms with Crippen LogP contribution in [0.5, 0.6) is 0 Å². The highest BCUT2D eigenvalue weighted by Gasteiger charge is 2.37. The quantitative estimate of drug-likeness (QED) is 0.624. The van der Waals surface area contributed by atoms with Crippen LogP contribution in [0, 0.1) is 5.92 Å². The van der Waals surface area contributed by atoms with E-state index in [-0.39, 0.29) is 17.7 Å². The van der Waals surface area contributed by atoms with E-state index in [9.17, 15) is 4.79 Å². The number of aromatic nitrogens is 3. The normalized spacial score (nSPS) is 24.6. The van der Waals surface area contributed by atoms with Crippen molar-refractivity contribution in [1.82, 2.24) is 14.8 Å². The lowest BCUT2D eigenvalue weighted by molar-refractivity contribution is 0.0957. The molecule has 0 unspecified atom stereocenters. The third-order valence-corrected chi connectivity index (χ3v) is 4.32. The van der Waals surface area contributed by atoms with Crippen molar-refractivity contribution in [3.8, 4) is 0 Å². The van der Waals surface area contributed by atoms with Gasteiger partial charge in [0, 0.05) is 5.92 Å². The van der Waals surface area contributed by atoms with Crippen molar-refractivity contribution in [2.75, 3.05) is 0 Å². The molecule has 1 saturated carbocycles. The van der Waals surface area contributed by atoms with Crippen LogP contribution >= 0.6 is 0 Å². The molecule has 1 aromatic heterocycles. The van der Waals surface area contributed by atoms with Crippen LogP contribution in [0.15, 0.2) is 30.3 Å². The van der Waals surface area contributed by atoms with Gasteiger partial charge in [-0.15, -0.1) is 5.10 Å². The van der Waals surface area contributed by atoms with Crippen molar-refractivity contribution >= 4 is 13.6 Å².